The van der Waals surface area contributed by atoms with Crippen LogP contribution in [0.3, 0.4) is 0 Å². The van der Waals surface area contributed by atoms with Gasteiger partial charge in [0.15, 0.2) is 9.84 Å². The van der Waals surface area contributed by atoms with Crippen LogP contribution in [0, 0.1) is 0 Å². The number of nitrogen functional groups attached to an aromatic ring is 1. The Bertz CT molecular complexity index is 2120. The van der Waals surface area contributed by atoms with E-state index < -0.39 is 30.0 Å². The number of methoxy groups -OCH3 is 2. The van der Waals surface area contributed by atoms with E-state index in [4.69, 9.17) is 15.2 Å². The molecule has 0 bridgehead atoms. The number of rotatable bonds is 12. The fourth-order valence-corrected chi connectivity index (χ4v) is 8.68. The Morgan fingerprint density at radius 2 is 1.55 bits per heavy atom. The number of sulfone groups is 1. The first-order valence-electron chi connectivity index (χ1n) is 14.5. The molecule has 5 aromatic rings. The number of nitrogens with two attached hydrogens (primary N) is 1. The molecule has 2 aromatic heterocycles. The Kier molecular flexibility index (Phi) is 8.92. The van der Waals surface area contributed by atoms with Crippen molar-refractivity contribution in [3.63, 3.8) is 0 Å². The van der Waals surface area contributed by atoms with E-state index in [9.17, 15) is 16.8 Å². The number of hydrogen-bond acceptors (Lipinski definition) is 12. The van der Waals surface area contributed by atoms with Gasteiger partial charge in [-0.1, -0.05) is 36.4 Å². The number of nitrogens with zero attached hydrogens (tertiary/aromatic N) is 5. The summed E-state index contributed by atoms with van der Waals surface area (Å²) in [7, 11) is -5.59. The molecule has 4 N–H and O–H groups in total. The summed E-state index contributed by atoms with van der Waals surface area (Å²) in [5.41, 5.74) is 7.95. The molecule has 0 unspecified atom stereocenters. The molecule has 0 radical (unpaired) electrons. The normalized spacial score (nSPS) is 13.7. The number of nitrogens with one attached hydrogen (secondary N) is 2. The smallest absolute Gasteiger partial charge is 0.242 e. The standard InChI is InChI=1S/C31H32N8O6S2/c1-44-22-10-6-20(7-11-22)16-34-47(42,43)30-27(46(40,41)24-17-33-18-24)15-14-25(26-4-3-5-28(32)35-26)29(30)31-36-38-39(37-31)19-21-8-12-23(45-2)13-9-21/h3-15,24,33-34H,16-19H2,1-2H3,(H2,32,35). The molecule has 1 aliphatic rings. The Labute approximate surface area is 271 Å². The third kappa shape index (κ3) is 6.66. The first kappa shape index (κ1) is 32.1. The molecule has 0 atom stereocenters. The lowest BCUT2D eigenvalue weighted by atomic mass is 10.0. The number of tetrazole rings is 1. The lowest BCUT2D eigenvalue weighted by Crippen LogP contribution is -2.51. The monoisotopic (exact) mass is 676 g/mol. The van der Waals surface area contributed by atoms with Gasteiger partial charge in [-0.15, -0.1) is 10.2 Å². The summed E-state index contributed by atoms with van der Waals surface area (Å²) in [6, 6.07) is 21.8. The van der Waals surface area contributed by atoms with Crippen molar-refractivity contribution in [1.29, 1.82) is 0 Å². The molecule has 0 spiro atoms. The molecule has 16 heteroatoms. The van der Waals surface area contributed by atoms with Gasteiger partial charge in [-0.3, -0.25) is 0 Å². The minimum Gasteiger partial charge on any atom is -0.497 e. The summed E-state index contributed by atoms with van der Waals surface area (Å²) in [6.45, 7) is 0.442. The number of hydrogen-bond donors (Lipinski definition) is 3. The van der Waals surface area contributed by atoms with Gasteiger partial charge in [-0.25, -0.2) is 26.5 Å². The zero-order valence-electron chi connectivity index (χ0n) is 25.5. The highest BCUT2D eigenvalue weighted by atomic mass is 32.2. The SMILES string of the molecule is COc1ccc(CNS(=O)(=O)c2c(S(=O)(=O)C3CNC3)ccc(-c3cccc(N)n3)c2-c2nnn(Cc3ccc(OC)cc3)n2)cc1. The molecule has 47 heavy (non-hydrogen) atoms. The molecular weight excluding hydrogens is 645 g/mol. The minimum atomic E-state index is -4.55. The van der Waals surface area contributed by atoms with Gasteiger partial charge in [-0.2, -0.15) is 4.80 Å². The fourth-order valence-electron chi connectivity index (χ4n) is 5.05. The van der Waals surface area contributed by atoms with Crippen molar-refractivity contribution < 1.29 is 26.3 Å². The molecule has 1 fully saturated rings. The lowest BCUT2D eigenvalue weighted by Gasteiger charge is -2.28. The van der Waals surface area contributed by atoms with Crippen molar-refractivity contribution >= 4 is 25.7 Å². The summed E-state index contributed by atoms with van der Waals surface area (Å²) in [6.07, 6.45) is 0. The summed E-state index contributed by atoms with van der Waals surface area (Å²) >= 11 is 0. The second kappa shape index (κ2) is 13.1. The Morgan fingerprint density at radius 1 is 0.894 bits per heavy atom. The Hall–Kier alpha value is -4.90. The van der Waals surface area contributed by atoms with Crippen molar-refractivity contribution in [2.75, 3.05) is 33.0 Å². The van der Waals surface area contributed by atoms with Crippen LogP contribution >= 0.6 is 0 Å². The predicted octanol–water partition coefficient (Wildman–Crippen LogP) is 2.27. The first-order valence-corrected chi connectivity index (χ1v) is 17.5. The number of anilines is 1. The minimum absolute atomic E-state index is 0.0698. The predicted molar refractivity (Wildman–Crippen MR) is 174 cm³/mol. The van der Waals surface area contributed by atoms with E-state index in [1.54, 1.807) is 61.7 Å². The van der Waals surface area contributed by atoms with E-state index >= 15 is 0 Å². The zero-order valence-corrected chi connectivity index (χ0v) is 27.1. The van der Waals surface area contributed by atoms with E-state index in [0.29, 0.717) is 22.8 Å². The average Bonchev–Trinajstić information content (AvgIpc) is 3.50. The van der Waals surface area contributed by atoms with Gasteiger partial charge in [-0.05, 0) is 58.8 Å². The van der Waals surface area contributed by atoms with E-state index in [1.807, 2.05) is 12.1 Å². The van der Waals surface area contributed by atoms with Crippen LogP contribution in [0.4, 0.5) is 5.82 Å². The van der Waals surface area contributed by atoms with Crippen molar-refractivity contribution in [3.05, 3.63) is 90.0 Å². The average molecular weight is 677 g/mol. The largest absolute Gasteiger partial charge is 0.497 e. The third-order valence-corrected chi connectivity index (χ3v) is 11.5. The van der Waals surface area contributed by atoms with Gasteiger partial charge >= 0.3 is 0 Å². The number of sulfonamides is 1. The Balaban J connectivity index is 1.52. The fraction of sp³-hybridized carbons (Fsp3) is 0.226. The number of ether oxygens (including phenoxy) is 2. The van der Waals surface area contributed by atoms with E-state index in [0.717, 1.165) is 5.56 Å². The Morgan fingerprint density at radius 3 is 2.15 bits per heavy atom. The number of benzene rings is 3. The maximum absolute atomic E-state index is 14.4. The molecule has 0 amide bonds. The molecule has 14 nitrogen and oxygen atoms in total. The van der Waals surface area contributed by atoms with Gasteiger partial charge in [0, 0.05) is 25.2 Å². The molecule has 3 aromatic carbocycles. The van der Waals surface area contributed by atoms with Gasteiger partial charge < -0.3 is 20.5 Å². The van der Waals surface area contributed by atoms with Crippen molar-refractivity contribution in [3.8, 4) is 34.1 Å². The summed E-state index contributed by atoms with van der Waals surface area (Å²) in [4.78, 5) is 4.83. The van der Waals surface area contributed by atoms with Crippen LogP contribution in [-0.2, 0) is 33.0 Å². The lowest BCUT2D eigenvalue weighted by molar-refractivity contribution is 0.414. The van der Waals surface area contributed by atoms with Crippen LogP contribution in [-0.4, -0.2) is 74.6 Å². The van der Waals surface area contributed by atoms with Gasteiger partial charge in [0.1, 0.15) is 22.2 Å². The molecule has 6 rings (SSSR count). The van der Waals surface area contributed by atoms with Gasteiger partial charge in [0.2, 0.25) is 15.8 Å². The zero-order chi connectivity index (χ0) is 33.2. The van der Waals surface area contributed by atoms with E-state index in [-0.39, 0.29) is 53.8 Å². The second-order valence-corrected chi connectivity index (χ2v) is 14.7. The van der Waals surface area contributed by atoms with Gasteiger partial charge in [0.05, 0.1) is 42.2 Å². The molecule has 3 heterocycles. The van der Waals surface area contributed by atoms with Crippen molar-refractivity contribution in [2.24, 2.45) is 0 Å². The summed E-state index contributed by atoms with van der Waals surface area (Å²) in [5.74, 6) is 1.36. The highest BCUT2D eigenvalue weighted by Gasteiger charge is 2.39. The van der Waals surface area contributed by atoms with Crippen molar-refractivity contribution in [2.45, 2.75) is 28.1 Å². The van der Waals surface area contributed by atoms with Crippen LogP contribution in [0.1, 0.15) is 11.1 Å². The maximum atomic E-state index is 14.4. The molecule has 244 valence electrons. The number of pyridine rings is 1. The molecule has 1 saturated heterocycles. The molecular formula is C31H32N8O6S2. The van der Waals surface area contributed by atoms with Crippen molar-refractivity contribution in [1.82, 2.24) is 35.2 Å². The summed E-state index contributed by atoms with van der Waals surface area (Å²) < 4.78 is 69.7. The second-order valence-electron chi connectivity index (χ2n) is 10.8. The van der Waals surface area contributed by atoms with Crippen LogP contribution < -0.4 is 25.2 Å². The van der Waals surface area contributed by atoms with Crippen LogP contribution in [0.2, 0.25) is 0 Å². The van der Waals surface area contributed by atoms with Crippen LogP contribution in [0.15, 0.2) is 88.7 Å². The highest BCUT2D eigenvalue weighted by Crippen LogP contribution is 2.40. The van der Waals surface area contributed by atoms with E-state index in [1.165, 1.54) is 24.0 Å². The molecule has 0 aliphatic carbocycles. The third-order valence-electron chi connectivity index (χ3n) is 7.71. The molecule has 1 aliphatic heterocycles. The topological polar surface area (TPSA) is 193 Å². The van der Waals surface area contributed by atoms with Crippen LogP contribution in [0.25, 0.3) is 22.6 Å². The first-order chi connectivity index (χ1) is 22.6. The van der Waals surface area contributed by atoms with E-state index in [2.05, 4.69) is 30.4 Å². The van der Waals surface area contributed by atoms with Crippen LogP contribution in [0.5, 0.6) is 11.5 Å². The highest BCUT2D eigenvalue weighted by molar-refractivity contribution is 7.94. The molecule has 0 saturated carbocycles. The van der Waals surface area contributed by atoms with Gasteiger partial charge in [0.25, 0.3) is 0 Å². The number of aromatic nitrogens is 5. The maximum Gasteiger partial charge on any atom is 0.242 e. The summed E-state index contributed by atoms with van der Waals surface area (Å²) in [5, 5.41) is 15.1. The quantitative estimate of drug-likeness (QED) is 0.175.